The summed E-state index contributed by atoms with van der Waals surface area (Å²) in [6.07, 6.45) is 3.26. The fraction of sp³-hybridized carbons (Fsp3) is 0. The number of aromatic nitrogens is 2. The van der Waals surface area contributed by atoms with Crippen molar-refractivity contribution < 1.29 is 29.7 Å². The van der Waals surface area contributed by atoms with E-state index < -0.39 is 0 Å². The van der Waals surface area contributed by atoms with Gasteiger partial charge in [0, 0.05) is 12.4 Å². The van der Waals surface area contributed by atoms with Crippen LogP contribution in [0.3, 0.4) is 0 Å². The second-order valence-electron chi connectivity index (χ2n) is 4.66. The molecular formula is C18H12N2O2Zn. The van der Waals surface area contributed by atoms with Crippen molar-refractivity contribution in [1.82, 2.24) is 9.97 Å². The van der Waals surface area contributed by atoms with Crippen molar-refractivity contribution in [3.05, 3.63) is 73.1 Å². The molecule has 0 amide bonds. The molecule has 4 nitrogen and oxygen atoms in total. The molecule has 4 rings (SSSR count). The van der Waals surface area contributed by atoms with Crippen molar-refractivity contribution in [2.24, 2.45) is 0 Å². The Morgan fingerprint density at radius 3 is 1.35 bits per heavy atom. The molecular weight excluding hydrogens is 342 g/mol. The average molecular weight is 354 g/mol. The minimum atomic E-state index is -0.0110. The predicted octanol–water partition coefficient (Wildman–Crippen LogP) is 2.61. The second-order valence-corrected chi connectivity index (χ2v) is 4.66. The van der Waals surface area contributed by atoms with Gasteiger partial charge in [0.2, 0.25) is 0 Å². The van der Waals surface area contributed by atoms with E-state index in [1.54, 1.807) is 24.5 Å². The van der Waals surface area contributed by atoms with Gasteiger partial charge in [0.15, 0.2) is 0 Å². The summed E-state index contributed by atoms with van der Waals surface area (Å²) in [4.78, 5) is 7.94. The summed E-state index contributed by atoms with van der Waals surface area (Å²) < 4.78 is 0. The van der Waals surface area contributed by atoms with Crippen molar-refractivity contribution in [3.8, 4) is 11.5 Å². The Kier molecular flexibility index (Phi) is 5.61. The van der Waals surface area contributed by atoms with E-state index in [-0.39, 0.29) is 31.0 Å². The fourth-order valence-electron chi connectivity index (χ4n) is 2.15. The van der Waals surface area contributed by atoms with E-state index in [1.807, 2.05) is 36.4 Å². The van der Waals surface area contributed by atoms with E-state index in [9.17, 15) is 10.2 Å². The van der Waals surface area contributed by atoms with Crippen LogP contribution in [-0.2, 0) is 19.5 Å². The van der Waals surface area contributed by atoms with Crippen molar-refractivity contribution in [1.29, 1.82) is 0 Å². The maximum atomic E-state index is 11.1. The monoisotopic (exact) mass is 352 g/mol. The number of nitrogens with zero attached hydrogens (tertiary/aromatic N) is 2. The third-order valence-corrected chi connectivity index (χ3v) is 3.19. The molecule has 0 saturated carbocycles. The van der Waals surface area contributed by atoms with Crippen LogP contribution in [0.15, 0.2) is 73.1 Å². The van der Waals surface area contributed by atoms with Gasteiger partial charge in [-0.25, -0.2) is 0 Å². The molecule has 2 aromatic heterocycles. The summed E-state index contributed by atoms with van der Waals surface area (Å²) >= 11 is 0. The number of pyridine rings is 2. The van der Waals surface area contributed by atoms with Gasteiger partial charge in [-0.05, 0) is 22.9 Å². The van der Waals surface area contributed by atoms with Crippen LogP contribution in [-0.4, -0.2) is 9.97 Å². The fourth-order valence-corrected chi connectivity index (χ4v) is 2.15. The van der Waals surface area contributed by atoms with Crippen LogP contribution < -0.4 is 10.2 Å². The number of para-hydroxylation sites is 2. The topological polar surface area (TPSA) is 71.9 Å². The standard InChI is InChI=1S/2C9H7NO.Zn/c2*11-8-5-1-3-7-4-2-6-10-9(7)8;/h2*1-6,11H;/q;;+2/p-2. The summed E-state index contributed by atoms with van der Waals surface area (Å²) in [5.74, 6) is -0.0220. The molecule has 0 N–H and O–H groups in total. The smallest absolute Gasteiger partial charge is 0.871 e. The van der Waals surface area contributed by atoms with Crippen LogP contribution in [0.4, 0.5) is 0 Å². The van der Waals surface area contributed by atoms with Gasteiger partial charge in [-0.2, -0.15) is 0 Å². The zero-order valence-corrected chi connectivity index (χ0v) is 15.3. The Balaban J connectivity index is 0.000000160. The molecule has 23 heavy (non-hydrogen) atoms. The van der Waals surface area contributed by atoms with Crippen molar-refractivity contribution in [2.45, 2.75) is 0 Å². The van der Waals surface area contributed by atoms with Crippen LogP contribution in [0.2, 0.25) is 0 Å². The first kappa shape index (κ1) is 16.8. The quantitative estimate of drug-likeness (QED) is 0.456. The van der Waals surface area contributed by atoms with Gasteiger partial charge >= 0.3 is 19.5 Å². The summed E-state index contributed by atoms with van der Waals surface area (Å²) in [6, 6.07) is 17.7. The third-order valence-electron chi connectivity index (χ3n) is 3.19. The molecule has 0 bridgehead atoms. The molecule has 5 heteroatoms. The maximum Gasteiger partial charge on any atom is 2.00 e. The molecule has 2 aromatic carbocycles. The first-order valence-corrected chi connectivity index (χ1v) is 6.77. The van der Waals surface area contributed by atoms with Gasteiger partial charge < -0.3 is 10.2 Å². The van der Waals surface area contributed by atoms with Gasteiger partial charge in [0.1, 0.15) is 0 Å². The van der Waals surface area contributed by atoms with Crippen LogP contribution >= 0.6 is 0 Å². The van der Waals surface area contributed by atoms with Crippen LogP contribution in [0.1, 0.15) is 0 Å². The van der Waals surface area contributed by atoms with Gasteiger partial charge in [0.25, 0.3) is 0 Å². The molecule has 0 radical (unpaired) electrons. The maximum absolute atomic E-state index is 11.1. The van der Waals surface area contributed by atoms with Gasteiger partial charge in [0.05, 0.1) is 11.0 Å². The van der Waals surface area contributed by atoms with Gasteiger partial charge in [-0.1, -0.05) is 60.0 Å². The van der Waals surface area contributed by atoms with E-state index in [1.165, 1.54) is 12.1 Å². The van der Waals surface area contributed by atoms with E-state index >= 15 is 0 Å². The molecule has 0 fully saturated rings. The number of benzene rings is 2. The molecule has 0 atom stereocenters. The predicted molar refractivity (Wildman–Crippen MR) is 82.4 cm³/mol. The van der Waals surface area contributed by atoms with E-state index in [0.717, 1.165) is 10.8 Å². The minimum Gasteiger partial charge on any atom is -0.871 e. The summed E-state index contributed by atoms with van der Waals surface area (Å²) in [5, 5.41) is 24.0. The van der Waals surface area contributed by atoms with Crippen molar-refractivity contribution in [2.75, 3.05) is 0 Å². The number of hydrogen-bond acceptors (Lipinski definition) is 4. The van der Waals surface area contributed by atoms with Crippen molar-refractivity contribution >= 4 is 21.8 Å². The molecule has 0 aliphatic carbocycles. The molecule has 0 aliphatic heterocycles. The average Bonchev–Trinajstić information content (AvgIpc) is 2.57. The summed E-state index contributed by atoms with van der Waals surface area (Å²) in [5.41, 5.74) is 1.10. The summed E-state index contributed by atoms with van der Waals surface area (Å²) in [7, 11) is 0. The zero-order chi connectivity index (χ0) is 15.4. The molecule has 4 aromatic rings. The molecule has 108 valence electrons. The second kappa shape index (κ2) is 7.66. The molecule has 0 spiro atoms. The number of rotatable bonds is 0. The Hall–Kier alpha value is -2.52. The van der Waals surface area contributed by atoms with Crippen LogP contribution in [0.25, 0.3) is 21.8 Å². The minimum absolute atomic E-state index is 0. The number of fused-ring (bicyclic) bond motifs is 2. The normalized spacial score (nSPS) is 9.74. The van der Waals surface area contributed by atoms with E-state index in [4.69, 9.17) is 0 Å². The van der Waals surface area contributed by atoms with Crippen molar-refractivity contribution in [3.63, 3.8) is 0 Å². The van der Waals surface area contributed by atoms with Crippen LogP contribution in [0.5, 0.6) is 11.5 Å². The SMILES string of the molecule is [O-]c1cccc2cccnc12.[O-]c1cccc2cccnc12.[Zn+2]. The third kappa shape index (κ3) is 3.82. The molecule has 0 saturated heterocycles. The van der Waals surface area contributed by atoms with Gasteiger partial charge in [-0.3, -0.25) is 9.97 Å². The Morgan fingerprint density at radius 1 is 0.565 bits per heavy atom. The molecule has 0 aliphatic rings. The largest absolute Gasteiger partial charge is 2.00 e. The Bertz CT molecular complexity index is 841. The first-order valence-electron chi connectivity index (χ1n) is 6.77. The Labute approximate surface area is 146 Å². The molecule has 0 unspecified atom stereocenters. The number of hydrogen-bond donors (Lipinski definition) is 0. The Morgan fingerprint density at radius 2 is 0.957 bits per heavy atom. The summed E-state index contributed by atoms with van der Waals surface area (Å²) in [6.45, 7) is 0. The van der Waals surface area contributed by atoms with E-state index in [2.05, 4.69) is 9.97 Å². The first-order chi connectivity index (χ1) is 10.8. The van der Waals surface area contributed by atoms with E-state index in [0.29, 0.717) is 11.0 Å². The zero-order valence-electron chi connectivity index (χ0n) is 12.3. The van der Waals surface area contributed by atoms with Gasteiger partial charge in [-0.15, -0.1) is 0 Å². The molecule has 2 heterocycles. The van der Waals surface area contributed by atoms with Crippen LogP contribution in [0, 0.1) is 0 Å².